The van der Waals surface area contributed by atoms with Crippen LogP contribution >= 0.6 is 0 Å². The predicted octanol–water partition coefficient (Wildman–Crippen LogP) is 4.09. The van der Waals surface area contributed by atoms with Gasteiger partial charge < -0.3 is 9.84 Å². The molecule has 0 radical (unpaired) electrons. The molecule has 0 bridgehead atoms. The molecule has 0 aromatic heterocycles. The van der Waals surface area contributed by atoms with Crippen LogP contribution in [0.25, 0.3) is 0 Å². The summed E-state index contributed by atoms with van der Waals surface area (Å²) >= 11 is 0. The van der Waals surface area contributed by atoms with E-state index in [1.165, 1.54) is 9.80 Å². The lowest BCUT2D eigenvalue weighted by Crippen LogP contribution is -2.43. The Hall–Kier alpha value is -4.56. The molecular formula is C36H34N2O6. The Morgan fingerprint density at radius 3 is 1.86 bits per heavy atom. The molecule has 3 fully saturated rings. The molecule has 2 saturated heterocycles. The van der Waals surface area contributed by atoms with E-state index < -0.39 is 29.6 Å². The number of rotatable bonds is 8. The van der Waals surface area contributed by atoms with E-state index in [0.29, 0.717) is 18.6 Å². The number of nitrogens with zero attached hydrogens (tertiary/aromatic N) is 2. The smallest absolute Gasteiger partial charge is 0.234 e. The van der Waals surface area contributed by atoms with Gasteiger partial charge in [-0.25, -0.2) is 0 Å². The van der Waals surface area contributed by atoms with Gasteiger partial charge in [-0.3, -0.25) is 29.0 Å². The lowest BCUT2D eigenvalue weighted by molar-refractivity contribution is -0.142. The number of hydrogen-bond donors (Lipinski definition) is 1. The summed E-state index contributed by atoms with van der Waals surface area (Å²) in [6.07, 6.45) is 2.78. The summed E-state index contributed by atoms with van der Waals surface area (Å²) < 4.78 is 5.94. The second-order valence-corrected chi connectivity index (χ2v) is 12.1. The van der Waals surface area contributed by atoms with Crippen molar-refractivity contribution in [1.29, 1.82) is 0 Å². The zero-order chi connectivity index (χ0) is 30.4. The first kappa shape index (κ1) is 28.2. The van der Waals surface area contributed by atoms with Gasteiger partial charge >= 0.3 is 0 Å². The highest BCUT2D eigenvalue weighted by Crippen LogP contribution is 2.59. The molecule has 1 saturated carbocycles. The first-order valence-corrected chi connectivity index (χ1v) is 15.3. The molecule has 8 heteroatoms. The van der Waals surface area contributed by atoms with Crippen LogP contribution in [0.2, 0.25) is 0 Å². The number of fused-ring (bicyclic) bond motifs is 4. The summed E-state index contributed by atoms with van der Waals surface area (Å²) in [4.78, 5) is 58.7. The van der Waals surface area contributed by atoms with Gasteiger partial charge in [0.05, 0.1) is 43.4 Å². The number of carbonyl (C=O) groups is 4. The summed E-state index contributed by atoms with van der Waals surface area (Å²) in [7, 11) is 0. The number of allylic oxidation sites excluding steroid dienone is 2. The average Bonchev–Trinajstić information content (AvgIpc) is 3.44. The molecule has 1 N–H and O–H groups in total. The lowest BCUT2D eigenvalue weighted by Gasteiger charge is -2.44. The third-order valence-corrected chi connectivity index (χ3v) is 9.80. The van der Waals surface area contributed by atoms with Crippen molar-refractivity contribution < 1.29 is 29.0 Å². The van der Waals surface area contributed by atoms with Gasteiger partial charge in [0.1, 0.15) is 12.4 Å². The number of para-hydroxylation sites is 1. The predicted molar refractivity (Wildman–Crippen MR) is 161 cm³/mol. The van der Waals surface area contributed by atoms with E-state index in [9.17, 15) is 24.3 Å². The lowest BCUT2D eigenvalue weighted by atomic mass is 9.57. The molecule has 8 nitrogen and oxygen atoms in total. The molecule has 0 spiro atoms. The first-order valence-electron chi connectivity index (χ1n) is 15.3. The van der Waals surface area contributed by atoms with Crippen LogP contribution in [-0.2, 0) is 32.3 Å². The van der Waals surface area contributed by atoms with Crippen molar-refractivity contribution in [2.45, 2.75) is 31.8 Å². The summed E-state index contributed by atoms with van der Waals surface area (Å²) in [5.41, 5.74) is 3.43. The molecule has 224 valence electrons. The highest BCUT2D eigenvalue weighted by atomic mass is 16.5. The minimum Gasteiger partial charge on any atom is -0.491 e. The molecule has 6 atom stereocenters. The topological polar surface area (TPSA) is 104 Å². The fourth-order valence-electron chi connectivity index (χ4n) is 7.94. The van der Waals surface area contributed by atoms with Crippen molar-refractivity contribution in [2.24, 2.45) is 29.6 Å². The minimum absolute atomic E-state index is 0.0828. The van der Waals surface area contributed by atoms with E-state index in [0.717, 1.165) is 22.3 Å². The van der Waals surface area contributed by atoms with E-state index in [1.54, 1.807) is 0 Å². The molecule has 7 rings (SSSR count). The number of amides is 4. The fraction of sp³-hybridized carbons (Fsp3) is 0.333. The molecule has 2 heterocycles. The standard InChI is InChI=1S/C36H34N2O6/c39-17-18-44-29-14-8-7-13-25(29)30-24-15-16-26-31(35(42)37(33(26)40)20-22-9-3-1-4-10-22)27(24)19-28-32(30)36(43)38(34(28)41)21-23-11-5-2-6-12-23/h1-15,26-28,30-32,39H,16-21H2. The number of benzene rings is 3. The Labute approximate surface area is 255 Å². The van der Waals surface area contributed by atoms with Crippen molar-refractivity contribution >= 4 is 23.6 Å². The number of aliphatic hydroxyl groups is 1. The van der Waals surface area contributed by atoms with Gasteiger partial charge in [0.2, 0.25) is 23.6 Å². The Morgan fingerprint density at radius 2 is 1.23 bits per heavy atom. The fourth-order valence-corrected chi connectivity index (χ4v) is 7.94. The zero-order valence-corrected chi connectivity index (χ0v) is 24.2. The van der Waals surface area contributed by atoms with Crippen molar-refractivity contribution in [3.8, 4) is 5.75 Å². The SMILES string of the molecule is O=C1C2CC=C3C(CC4C(=O)N(Cc5ccccc5)C(=O)C4C3c3ccccc3OCCO)C2C(=O)N1Cc1ccccc1. The number of ether oxygens (including phenoxy) is 1. The monoisotopic (exact) mass is 590 g/mol. The Kier molecular flexibility index (Phi) is 7.38. The van der Waals surface area contributed by atoms with Crippen molar-refractivity contribution in [1.82, 2.24) is 9.80 Å². The molecule has 3 aromatic carbocycles. The van der Waals surface area contributed by atoms with Gasteiger partial charge in [-0.1, -0.05) is 90.5 Å². The number of hydrogen-bond acceptors (Lipinski definition) is 6. The highest BCUT2D eigenvalue weighted by Gasteiger charge is 2.62. The van der Waals surface area contributed by atoms with Crippen LogP contribution in [0.5, 0.6) is 5.75 Å². The molecule has 3 aromatic rings. The van der Waals surface area contributed by atoms with E-state index in [4.69, 9.17) is 4.74 Å². The van der Waals surface area contributed by atoms with E-state index in [2.05, 4.69) is 0 Å². The normalized spacial score (nSPS) is 27.6. The molecule has 2 aliphatic heterocycles. The first-order chi connectivity index (χ1) is 21.5. The van der Waals surface area contributed by atoms with Crippen LogP contribution in [0.3, 0.4) is 0 Å². The van der Waals surface area contributed by atoms with Gasteiger partial charge in [-0.2, -0.15) is 0 Å². The van der Waals surface area contributed by atoms with Crippen molar-refractivity contribution in [2.75, 3.05) is 13.2 Å². The van der Waals surface area contributed by atoms with Gasteiger partial charge in [0.15, 0.2) is 0 Å². The third kappa shape index (κ3) is 4.65. The maximum atomic E-state index is 14.2. The molecule has 6 unspecified atom stereocenters. The Morgan fingerprint density at radius 1 is 0.659 bits per heavy atom. The van der Waals surface area contributed by atoms with E-state index >= 15 is 0 Å². The maximum Gasteiger partial charge on any atom is 0.234 e. The Balaban J connectivity index is 1.29. The number of aliphatic hydroxyl groups excluding tert-OH is 1. The summed E-state index contributed by atoms with van der Waals surface area (Å²) in [5, 5.41) is 9.49. The highest BCUT2D eigenvalue weighted by molar-refractivity contribution is 6.08. The van der Waals surface area contributed by atoms with Gasteiger partial charge in [-0.05, 0) is 36.0 Å². The second-order valence-electron chi connectivity index (χ2n) is 12.1. The van der Waals surface area contributed by atoms with Crippen LogP contribution in [0, 0.1) is 29.6 Å². The van der Waals surface area contributed by atoms with Gasteiger partial charge in [0.25, 0.3) is 0 Å². The zero-order valence-electron chi connectivity index (χ0n) is 24.2. The summed E-state index contributed by atoms with van der Waals surface area (Å²) in [5.74, 6) is -3.55. The van der Waals surface area contributed by atoms with Crippen molar-refractivity contribution in [3.63, 3.8) is 0 Å². The van der Waals surface area contributed by atoms with Gasteiger partial charge in [0, 0.05) is 11.5 Å². The van der Waals surface area contributed by atoms with E-state index in [-0.39, 0.29) is 55.8 Å². The molecule has 4 aliphatic rings. The summed E-state index contributed by atoms with van der Waals surface area (Å²) in [6, 6.07) is 26.4. The van der Waals surface area contributed by atoms with Crippen LogP contribution in [-0.4, -0.2) is 51.7 Å². The second kappa shape index (κ2) is 11.5. The average molecular weight is 591 g/mol. The molecule has 4 amide bonds. The maximum absolute atomic E-state index is 14.2. The van der Waals surface area contributed by atoms with Crippen LogP contribution in [0.4, 0.5) is 0 Å². The summed E-state index contributed by atoms with van der Waals surface area (Å²) in [6.45, 7) is 0.303. The van der Waals surface area contributed by atoms with E-state index in [1.807, 2.05) is 91.0 Å². The number of imide groups is 2. The Bertz CT molecular complexity index is 1640. The molecular weight excluding hydrogens is 556 g/mol. The quantitative estimate of drug-likeness (QED) is 0.313. The number of carbonyl (C=O) groups excluding carboxylic acids is 4. The van der Waals surface area contributed by atoms with Crippen LogP contribution in [0.1, 0.15) is 35.4 Å². The van der Waals surface area contributed by atoms with Gasteiger partial charge in [-0.15, -0.1) is 0 Å². The minimum atomic E-state index is -0.656. The largest absolute Gasteiger partial charge is 0.491 e. The number of likely N-dealkylation sites (tertiary alicyclic amines) is 2. The van der Waals surface area contributed by atoms with Crippen LogP contribution < -0.4 is 4.74 Å². The molecule has 44 heavy (non-hydrogen) atoms. The molecule has 2 aliphatic carbocycles. The van der Waals surface area contributed by atoms with Crippen LogP contribution in [0.15, 0.2) is 96.6 Å². The third-order valence-electron chi connectivity index (χ3n) is 9.80. The van der Waals surface area contributed by atoms with Crippen molar-refractivity contribution in [3.05, 3.63) is 113 Å².